The van der Waals surface area contributed by atoms with Crippen molar-refractivity contribution in [2.45, 2.75) is 51.3 Å². The van der Waals surface area contributed by atoms with Crippen LogP contribution in [-0.2, 0) is 9.47 Å². The molecule has 84 valence electrons. The Hall–Kier alpha value is -0.120. The average Bonchev–Trinajstić information content (AvgIpc) is 2.55. The van der Waals surface area contributed by atoms with Gasteiger partial charge in [0.1, 0.15) is 0 Å². The third-order valence-corrected chi connectivity index (χ3v) is 2.80. The Balaban J connectivity index is 2.23. The van der Waals surface area contributed by atoms with Crippen LogP contribution >= 0.6 is 0 Å². The predicted octanol–water partition coefficient (Wildman–Crippen LogP) is 1.57. The minimum absolute atomic E-state index is 0.0358. The smallest absolute Gasteiger partial charge is 0.0637 e. The van der Waals surface area contributed by atoms with Gasteiger partial charge in [0.05, 0.1) is 12.2 Å². The largest absolute Gasteiger partial charge is 0.380 e. The second-order valence-electron chi connectivity index (χ2n) is 4.80. The highest BCUT2D eigenvalue weighted by Gasteiger charge is 2.23. The van der Waals surface area contributed by atoms with E-state index in [0.717, 1.165) is 26.1 Å². The molecule has 14 heavy (non-hydrogen) atoms. The lowest BCUT2D eigenvalue weighted by Crippen LogP contribution is -2.41. The van der Waals surface area contributed by atoms with Gasteiger partial charge in [-0.15, -0.1) is 0 Å². The number of hydrogen-bond acceptors (Lipinski definition) is 3. The first kappa shape index (κ1) is 12.0. The quantitative estimate of drug-likeness (QED) is 0.732. The molecule has 0 aromatic rings. The Morgan fingerprint density at radius 1 is 1.57 bits per heavy atom. The van der Waals surface area contributed by atoms with Gasteiger partial charge in [0.25, 0.3) is 0 Å². The number of nitrogens with one attached hydrogen (secondary N) is 1. The first-order valence-corrected chi connectivity index (χ1v) is 5.42. The molecule has 2 unspecified atom stereocenters. The van der Waals surface area contributed by atoms with E-state index in [1.165, 1.54) is 0 Å². The minimum atomic E-state index is -0.0358. The zero-order chi connectivity index (χ0) is 10.6. The van der Waals surface area contributed by atoms with Crippen LogP contribution in [0.5, 0.6) is 0 Å². The molecule has 0 aliphatic carbocycles. The number of rotatable bonds is 5. The van der Waals surface area contributed by atoms with E-state index in [1.807, 2.05) is 0 Å². The molecule has 1 N–H and O–H groups in total. The van der Waals surface area contributed by atoms with E-state index >= 15 is 0 Å². The molecule has 0 amide bonds. The topological polar surface area (TPSA) is 30.5 Å². The maximum Gasteiger partial charge on any atom is 0.0637 e. The zero-order valence-corrected chi connectivity index (χ0v) is 9.80. The standard InChI is InChI=1S/C11H23NO2/c1-9(7-11(2,3)13-4)12-10-5-6-14-8-10/h9-10,12H,5-8H2,1-4H3. The molecule has 1 fully saturated rings. The normalized spacial score (nSPS) is 25.3. The molecule has 0 radical (unpaired) electrons. The molecule has 2 atom stereocenters. The van der Waals surface area contributed by atoms with Crippen LogP contribution < -0.4 is 5.32 Å². The molecule has 0 spiro atoms. The Bertz CT molecular complexity index is 165. The highest BCUT2D eigenvalue weighted by atomic mass is 16.5. The van der Waals surface area contributed by atoms with Crippen molar-refractivity contribution in [2.75, 3.05) is 20.3 Å². The summed E-state index contributed by atoms with van der Waals surface area (Å²) in [6.45, 7) is 8.21. The van der Waals surface area contributed by atoms with E-state index in [9.17, 15) is 0 Å². The van der Waals surface area contributed by atoms with Crippen molar-refractivity contribution < 1.29 is 9.47 Å². The summed E-state index contributed by atoms with van der Waals surface area (Å²) in [5, 5.41) is 3.56. The summed E-state index contributed by atoms with van der Waals surface area (Å²) in [6.07, 6.45) is 2.16. The lowest BCUT2D eigenvalue weighted by molar-refractivity contribution is 0.00756. The summed E-state index contributed by atoms with van der Waals surface area (Å²) in [7, 11) is 1.77. The van der Waals surface area contributed by atoms with Crippen LogP contribution in [0.2, 0.25) is 0 Å². The van der Waals surface area contributed by atoms with E-state index in [1.54, 1.807) is 7.11 Å². The van der Waals surface area contributed by atoms with Gasteiger partial charge in [-0.1, -0.05) is 0 Å². The van der Waals surface area contributed by atoms with E-state index in [4.69, 9.17) is 9.47 Å². The monoisotopic (exact) mass is 201 g/mol. The lowest BCUT2D eigenvalue weighted by atomic mass is 9.99. The van der Waals surface area contributed by atoms with Crippen molar-refractivity contribution in [1.29, 1.82) is 0 Å². The molecule has 3 nitrogen and oxygen atoms in total. The predicted molar refractivity (Wildman–Crippen MR) is 57.5 cm³/mol. The van der Waals surface area contributed by atoms with Gasteiger partial charge >= 0.3 is 0 Å². The molecule has 0 bridgehead atoms. The molecule has 0 aromatic heterocycles. The first-order chi connectivity index (χ1) is 6.53. The molecule has 1 aliphatic heterocycles. The van der Waals surface area contributed by atoms with Gasteiger partial charge in [0.15, 0.2) is 0 Å². The first-order valence-electron chi connectivity index (χ1n) is 5.42. The fourth-order valence-corrected chi connectivity index (χ4v) is 1.95. The summed E-state index contributed by atoms with van der Waals surface area (Å²) in [5.74, 6) is 0. The Morgan fingerprint density at radius 3 is 2.79 bits per heavy atom. The molecule has 0 aromatic carbocycles. The van der Waals surface area contributed by atoms with Gasteiger partial charge in [-0.05, 0) is 33.6 Å². The molecule has 1 heterocycles. The summed E-state index contributed by atoms with van der Waals surface area (Å²) in [6, 6.07) is 1.02. The van der Waals surface area contributed by atoms with Crippen LogP contribution in [0.3, 0.4) is 0 Å². The van der Waals surface area contributed by atoms with Crippen molar-refractivity contribution in [3.8, 4) is 0 Å². The summed E-state index contributed by atoms with van der Waals surface area (Å²) >= 11 is 0. The minimum Gasteiger partial charge on any atom is -0.380 e. The second-order valence-corrected chi connectivity index (χ2v) is 4.80. The lowest BCUT2D eigenvalue weighted by Gasteiger charge is -2.28. The Labute approximate surface area is 87.2 Å². The third kappa shape index (κ3) is 3.95. The third-order valence-electron chi connectivity index (χ3n) is 2.80. The van der Waals surface area contributed by atoms with Crippen molar-refractivity contribution in [2.24, 2.45) is 0 Å². The van der Waals surface area contributed by atoms with Gasteiger partial charge in [-0.3, -0.25) is 0 Å². The molecule has 0 saturated carbocycles. The Kier molecular flexibility index (Phi) is 4.35. The zero-order valence-electron chi connectivity index (χ0n) is 9.80. The summed E-state index contributed by atoms with van der Waals surface area (Å²) in [4.78, 5) is 0. The van der Waals surface area contributed by atoms with Crippen molar-refractivity contribution in [3.63, 3.8) is 0 Å². The molecule has 3 heteroatoms. The van der Waals surface area contributed by atoms with Crippen LogP contribution in [-0.4, -0.2) is 38.0 Å². The SMILES string of the molecule is COC(C)(C)CC(C)NC1CCOC1. The maximum absolute atomic E-state index is 5.40. The molecule has 1 saturated heterocycles. The fourth-order valence-electron chi connectivity index (χ4n) is 1.95. The number of ether oxygens (including phenoxy) is 2. The molecular weight excluding hydrogens is 178 g/mol. The van der Waals surface area contributed by atoms with Crippen LogP contribution in [0.4, 0.5) is 0 Å². The van der Waals surface area contributed by atoms with Crippen LogP contribution in [0.1, 0.15) is 33.6 Å². The van der Waals surface area contributed by atoms with Gasteiger partial charge < -0.3 is 14.8 Å². The Morgan fingerprint density at radius 2 is 2.29 bits per heavy atom. The van der Waals surface area contributed by atoms with Gasteiger partial charge in [0.2, 0.25) is 0 Å². The molecule has 1 aliphatic rings. The van der Waals surface area contributed by atoms with E-state index in [-0.39, 0.29) is 5.60 Å². The molecule has 1 rings (SSSR count). The van der Waals surface area contributed by atoms with Crippen molar-refractivity contribution in [1.82, 2.24) is 5.32 Å². The van der Waals surface area contributed by atoms with Gasteiger partial charge in [-0.2, -0.15) is 0 Å². The highest BCUT2D eigenvalue weighted by Crippen LogP contribution is 2.16. The summed E-state index contributed by atoms with van der Waals surface area (Å²) in [5.41, 5.74) is -0.0358. The van der Waals surface area contributed by atoms with E-state index in [2.05, 4.69) is 26.1 Å². The highest BCUT2D eigenvalue weighted by molar-refractivity contribution is 4.80. The summed E-state index contributed by atoms with van der Waals surface area (Å²) < 4.78 is 10.7. The fraction of sp³-hybridized carbons (Fsp3) is 1.00. The number of hydrogen-bond donors (Lipinski definition) is 1. The van der Waals surface area contributed by atoms with Gasteiger partial charge in [-0.25, -0.2) is 0 Å². The maximum atomic E-state index is 5.40. The van der Waals surface area contributed by atoms with Crippen LogP contribution in [0, 0.1) is 0 Å². The van der Waals surface area contributed by atoms with E-state index < -0.39 is 0 Å². The van der Waals surface area contributed by atoms with E-state index in [0.29, 0.717) is 12.1 Å². The van der Waals surface area contributed by atoms with Crippen LogP contribution in [0.25, 0.3) is 0 Å². The van der Waals surface area contributed by atoms with Crippen molar-refractivity contribution in [3.05, 3.63) is 0 Å². The van der Waals surface area contributed by atoms with Crippen LogP contribution in [0.15, 0.2) is 0 Å². The second kappa shape index (κ2) is 5.10. The number of methoxy groups -OCH3 is 1. The van der Waals surface area contributed by atoms with Gasteiger partial charge in [0, 0.05) is 25.8 Å². The average molecular weight is 201 g/mol. The molecular formula is C11H23NO2. The van der Waals surface area contributed by atoms with Crippen molar-refractivity contribution >= 4 is 0 Å².